The second-order valence-corrected chi connectivity index (χ2v) is 3.68. The fourth-order valence-electron chi connectivity index (χ4n) is 1.54. The summed E-state index contributed by atoms with van der Waals surface area (Å²) in [5.74, 6) is 0.974. The van der Waals surface area contributed by atoms with Crippen molar-refractivity contribution in [3.05, 3.63) is 60.8 Å². The number of hydrogen-bond acceptors (Lipinski definition) is 4. The summed E-state index contributed by atoms with van der Waals surface area (Å²) in [6.45, 7) is 3.90. The van der Waals surface area contributed by atoms with E-state index in [1.165, 1.54) is 12.7 Å². The van der Waals surface area contributed by atoms with E-state index >= 15 is 0 Å². The first kappa shape index (κ1) is 12.4. The molecule has 1 aliphatic heterocycles. The highest BCUT2D eigenvalue weighted by Gasteiger charge is 2.14. The minimum absolute atomic E-state index is 0.890. The van der Waals surface area contributed by atoms with Crippen LogP contribution in [0.4, 0.5) is 0 Å². The Morgan fingerprint density at radius 3 is 2.61 bits per heavy atom. The van der Waals surface area contributed by atoms with E-state index in [1.54, 1.807) is 6.20 Å². The molecule has 3 rings (SSSR count). The number of likely N-dealkylation sites (N-methyl/N-ethyl adjacent to an activating group) is 1. The van der Waals surface area contributed by atoms with Gasteiger partial charge >= 0.3 is 0 Å². The largest absolute Gasteiger partial charge is 0.452 e. The molecule has 18 heavy (non-hydrogen) atoms. The van der Waals surface area contributed by atoms with Crippen LogP contribution in [0.15, 0.2) is 59.7 Å². The molecule has 2 aromatic rings. The summed E-state index contributed by atoms with van der Waals surface area (Å²) in [6.07, 6.45) is 6.58. The van der Waals surface area contributed by atoms with Crippen LogP contribution in [-0.2, 0) is 4.84 Å². The SMILES string of the molecule is CCN1CC=C(c2ccccc2)O1.c1cocn1. The Balaban J connectivity index is 0.000000202. The van der Waals surface area contributed by atoms with Gasteiger partial charge in [0.15, 0.2) is 12.2 Å². The summed E-state index contributed by atoms with van der Waals surface area (Å²) in [5, 5.41) is 1.93. The molecule has 4 heteroatoms. The number of aromatic nitrogens is 1. The van der Waals surface area contributed by atoms with Gasteiger partial charge in [0.25, 0.3) is 0 Å². The highest BCUT2D eigenvalue weighted by Crippen LogP contribution is 2.21. The Morgan fingerprint density at radius 1 is 1.28 bits per heavy atom. The highest BCUT2D eigenvalue weighted by molar-refractivity contribution is 5.60. The zero-order valence-corrected chi connectivity index (χ0v) is 10.3. The minimum Gasteiger partial charge on any atom is -0.452 e. The molecule has 0 saturated heterocycles. The fraction of sp³-hybridized carbons (Fsp3) is 0.214. The summed E-state index contributed by atoms with van der Waals surface area (Å²) in [4.78, 5) is 9.15. The van der Waals surface area contributed by atoms with Crippen LogP contribution in [0, 0.1) is 0 Å². The third-order valence-corrected chi connectivity index (χ3v) is 2.47. The van der Waals surface area contributed by atoms with E-state index in [1.807, 2.05) is 23.3 Å². The van der Waals surface area contributed by atoms with Crippen molar-refractivity contribution < 1.29 is 9.25 Å². The van der Waals surface area contributed by atoms with E-state index in [9.17, 15) is 0 Å². The normalized spacial score (nSPS) is 14.4. The first-order chi connectivity index (χ1) is 8.90. The number of nitrogens with zero attached hydrogens (tertiary/aromatic N) is 2. The summed E-state index contributed by atoms with van der Waals surface area (Å²) in [6, 6.07) is 10.2. The molecule has 1 aromatic heterocycles. The Labute approximate surface area is 106 Å². The van der Waals surface area contributed by atoms with E-state index < -0.39 is 0 Å². The van der Waals surface area contributed by atoms with E-state index in [-0.39, 0.29) is 0 Å². The molecule has 1 aliphatic rings. The van der Waals surface area contributed by atoms with E-state index in [0.29, 0.717) is 0 Å². The van der Waals surface area contributed by atoms with Crippen molar-refractivity contribution in [3.63, 3.8) is 0 Å². The third-order valence-electron chi connectivity index (χ3n) is 2.47. The number of hydroxylamine groups is 2. The topological polar surface area (TPSA) is 38.5 Å². The van der Waals surface area contributed by atoms with Crippen molar-refractivity contribution in [1.29, 1.82) is 0 Å². The van der Waals surface area contributed by atoms with Crippen molar-refractivity contribution in [2.24, 2.45) is 0 Å². The molecular weight excluding hydrogens is 228 g/mol. The van der Waals surface area contributed by atoms with Gasteiger partial charge in [-0.2, -0.15) is 0 Å². The monoisotopic (exact) mass is 244 g/mol. The van der Waals surface area contributed by atoms with Gasteiger partial charge < -0.3 is 9.25 Å². The molecular formula is C14H16N2O2. The number of hydrogen-bond donors (Lipinski definition) is 0. The maximum Gasteiger partial charge on any atom is 0.180 e. The van der Waals surface area contributed by atoms with Gasteiger partial charge in [0.1, 0.15) is 6.26 Å². The molecule has 0 bridgehead atoms. The van der Waals surface area contributed by atoms with Crippen LogP contribution in [0.25, 0.3) is 5.76 Å². The molecule has 1 aromatic carbocycles. The fourth-order valence-corrected chi connectivity index (χ4v) is 1.54. The molecule has 0 radical (unpaired) electrons. The Kier molecular flexibility index (Phi) is 4.55. The van der Waals surface area contributed by atoms with E-state index in [0.717, 1.165) is 24.4 Å². The smallest absolute Gasteiger partial charge is 0.180 e. The molecule has 4 nitrogen and oxygen atoms in total. The molecule has 0 spiro atoms. The van der Waals surface area contributed by atoms with Crippen LogP contribution in [-0.4, -0.2) is 23.1 Å². The first-order valence-corrected chi connectivity index (χ1v) is 5.91. The summed E-state index contributed by atoms with van der Waals surface area (Å²) in [5.41, 5.74) is 1.15. The van der Waals surface area contributed by atoms with Crippen molar-refractivity contribution in [1.82, 2.24) is 10.0 Å². The minimum atomic E-state index is 0.890. The molecule has 2 heterocycles. The Bertz CT molecular complexity index is 449. The van der Waals surface area contributed by atoms with Gasteiger partial charge in [0.2, 0.25) is 0 Å². The van der Waals surface area contributed by atoms with Crippen molar-refractivity contribution in [2.45, 2.75) is 6.92 Å². The van der Waals surface area contributed by atoms with Gasteiger partial charge in [0.05, 0.1) is 12.7 Å². The molecule has 94 valence electrons. The molecule has 0 atom stereocenters. The number of rotatable bonds is 2. The predicted molar refractivity (Wildman–Crippen MR) is 69.3 cm³/mol. The molecule has 0 unspecified atom stereocenters. The van der Waals surface area contributed by atoms with Gasteiger partial charge in [0, 0.05) is 12.1 Å². The van der Waals surface area contributed by atoms with Gasteiger partial charge in [-0.1, -0.05) is 30.3 Å². The molecule has 0 amide bonds. The van der Waals surface area contributed by atoms with Crippen LogP contribution in [0.3, 0.4) is 0 Å². The van der Waals surface area contributed by atoms with Crippen LogP contribution in [0.2, 0.25) is 0 Å². The second kappa shape index (κ2) is 6.61. The molecule has 0 fully saturated rings. The van der Waals surface area contributed by atoms with Crippen LogP contribution in [0.1, 0.15) is 12.5 Å². The van der Waals surface area contributed by atoms with Gasteiger partial charge in [-0.3, -0.25) is 0 Å². The lowest BCUT2D eigenvalue weighted by Gasteiger charge is -2.13. The zero-order chi connectivity index (χ0) is 12.6. The highest BCUT2D eigenvalue weighted by atomic mass is 16.7. The molecule has 0 saturated carbocycles. The summed E-state index contributed by atoms with van der Waals surface area (Å²) in [7, 11) is 0. The second-order valence-electron chi connectivity index (χ2n) is 3.68. The predicted octanol–water partition coefficient (Wildman–Crippen LogP) is 2.97. The van der Waals surface area contributed by atoms with Crippen molar-refractivity contribution >= 4 is 5.76 Å². The quantitative estimate of drug-likeness (QED) is 0.814. The van der Waals surface area contributed by atoms with Crippen molar-refractivity contribution in [3.8, 4) is 0 Å². The van der Waals surface area contributed by atoms with Gasteiger partial charge in [-0.15, -0.1) is 5.06 Å². The zero-order valence-electron chi connectivity index (χ0n) is 10.3. The standard InChI is InChI=1S/C11H13NO.C3H3NO/c1-2-12-9-8-11(13-12)10-6-4-3-5-7-10;1-2-5-3-4-1/h3-8H,2,9H2,1H3;1-3H. The van der Waals surface area contributed by atoms with Crippen LogP contribution < -0.4 is 0 Å². The molecule has 0 N–H and O–H groups in total. The van der Waals surface area contributed by atoms with Gasteiger partial charge in [-0.05, 0) is 13.0 Å². The Morgan fingerprint density at radius 2 is 2.11 bits per heavy atom. The lowest BCUT2D eigenvalue weighted by atomic mass is 10.2. The van der Waals surface area contributed by atoms with E-state index in [4.69, 9.17) is 4.84 Å². The van der Waals surface area contributed by atoms with E-state index in [2.05, 4.69) is 34.5 Å². The van der Waals surface area contributed by atoms with Crippen LogP contribution in [0.5, 0.6) is 0 Å². The molecule has 0 aliphatic carbocycles. The maximum absolute atomic E-state index is 5.59. The van der Waals surface area contributed by atoms with Crippen LogP contribution >= 0.6 is 0 Å². The number of oxazole rings is 1. The average Bonchev–Trinajstić information content (AvgIpc) is 3.14. The first-order valence-electron chi connectivity index (χ1n) is 5.91. The maximum atomic E-state index is 5.59. The van der Waals surface area contributed by atoms with Crippen molar-refractivity contribution in [2.75, 3.05) is 13.1 Å². The summed E-state index contributed by atoms with van der Waals surface area (Å²) >= 11 is 0. The number of benzene rings is 1. The lowest BCUT2D eigenvalue weighted by molar-refractivity contribution is -0.0559. The van der Waals surface area contributed by atoms with Gasteiger partial charge in [-0.25, -0.2) is 4.98 Å². The average molecular weight is 244 g/mol. The third kappa shape index (κ3) is 3.46. The summed E-state index contributed by atoms with van der Waals surface area (Å²) < 4.78 is 4.47. The Hall–Kier alpha value is -2.07. The lowest BCUT2D eigenvalue weighted by Crippen LogP contribution is -2.17.